The van der Waals surface area contributed by atoms with E-state index in [1.807, 2.05) is 0 Å². The summed E-state index contributed by atoms with van der Waals surface area (Å²) in [6.45, 7) is 4.90. The summed E-state index contributed by atoms with van der Waals surface area (Å²) < 4.78 is 0.759. The highest BCUT2D eigenvalue weighted by Crippen LogP contribution is 2.23. The lowest BCUT2D eigenvalue weighted by Gasteiger charge is -2.31. The molecule has 0 aromatic carbocycles. The number of nitrogens with zero attached hydrogens (tertiary/aromatic N) is 2. The lowest BCUT2D eigenvalue weighted by molar-refractivity contribution is -0.151. The van der Waals surface area contributed by atoms with E-state index in [2.05, 4.69) is 20.9 Å². The molecule has 0 saturated heterocycles. The number of hydrogen-bond donors (Lipinski definition) is 1. The molecule has 1 atom stereocenters. The van der Waals surface area contributed by atoms with Gasteiger partial charge < -0.3 is 10.0 Å². The van der Waals surface area contributed by atoms with Crippen molar-refractivity contribution in [2.45, 2.75) is 32.9 Å². The maximum Gasteiger partial charge on any atom is 0.332 e. The number of pyridine rings is 1. The van der Waals surface area contributed by atoms with Gasteiger partial charge >= 0.3 is 5.97 Å². The number of carbonyl (C=O) groups excluding carboxylic acids is 1. The Hall–Kier alpha value is -1.43. The maximum absolute atomic E-state index is 11.6. The number of hydrogen-bond acceptors (Lipinski definition) is 3. The molecule has 1 amide bonds. The van der Waals surface area contributed by atoms with Gasteiger partial charge in [-0.1, -0.05) is 0 Å². The molecule has 0 fully saturated rings. The van der Waals surface area contributed by atoms with Crippen molar-refractivity contribution in [2.24, 2.45) is 0 Å². The number of rotatable bonds is 4. The SMILES string of the molecule is CC(=O)N(C(C)C)C(C(=O)O)c1ccc(Br)cn1. The summed E-state index contributed by atoms with van der Waals surface area (Å²) in [6.07, 6.45) is 1.52. The van der Waals surface area contributed by atoms with Gasteiger partial charge in [0.1, 0.15) is 0 Å². The van der Waals surface area contributed by atoms with Crippen molar-refractivity contribution in [3.8, 4) is 0 Å². The molecule has 1 N–H and O–H groups in total. The van der Waals surface area contributed by atoms with Crippen molar-refractivity contribution in [3.63, 3.8) is 0 Å². The van der Waals surface area contributed by atoms with Gasteiger partial charge in [-0.15, -0.1) is 0 Å². The summed E-state index contributed by atoms with van der Waals surface area (Å²) in [7, 11) is 0. The monoisotopic (exact) mass is 314 g/mol. The molecule has 0 aliphatic rings. The standard InChI is InChI=1S/C12H15BrN2O3/c1-7(2)15(8(3)16)11(12(17)18)10-5-4-9(13)6-14-10/h4-7,11H,1-3H3,(H,17,18). The highest BCUT2D eigenvalue weighted by atomic mass is 79.9. The van der Waals surface area contributed by atoms with Gasteiger partial charge in [-0.2, -0.15) is 0 Å². The van der Waals surface area contributed by atoms with Crippen LogP contribution in [0.1, 0.15) is 32.5 Å². The Bertz CT molecular complexity index is 445. The van der Waals surface area contributed by atoms with E-state index in [1.54, 1.807) is 26.0 Å². The van der Waals surface area contributed by atoms with Crippen LogP contribution in [0.25, 0.3) is 0 Å². The van der Waals surface area contributed by atoms with E-state index >= 15 is 0 Å². The fraction of sp³-hybridized carbons (Fsp3) is 0.417. The van der Waals surface area contributed by atoms with Gasteiger partial charge in [0.15, 0.2) is 6.04 Å². The Balaban J connectivity index is 3.20. The van der Waals surface area contributed by atoms with Crippen LogP contribution < -0.4 is 0 Å². The number of aromatic nitrogens is 1. The number of aliphatic carboxylic acids is 1. The third kappa shape index (κ3) is 3.29. The van der Waals surface area contributed by atoms with Gasteiger partial charge in [-0.25, -0.2) is 4.79 Å². The quantitative estimate of drug-likeness (QED) is 0.925. The van der Waals surface area contributed by atoms with Crippen LogP contribution in [-0.2, 0) is 9.59 Å². The molecule has 0 bridgehead atoms. The topological polar surface area (TPSA) is 70.5 Å². The summed E-state index contributed by atoms with van der Waals surface area (Å²) in [5.41, 5.74) is 0.342. The van der Waals surface area contributed by atoms with E-state index in [0.29, 0.717) is 5.69 Å². The molecule has 0 aliphatic carbocycles. The molecule has 0 radical (unpaired) electrons. The molecule has 18 heavy (non-hydrogen) atoms. The Morgan fingerprint density at radius 3 is 2.33 bits per heavy atom. The van der Waals surface area contributed by atoms with Crippen LogP contribution in [0.3, 0.4) is 0 Å². The third-order valence-electron chi connectivity index (χ3n) is 2.46. The van der Waals surface area contributed by atoms with Crippen LogP contribution >= 0.6 is 15.9 Å². The fourth-order valence-corrected chi connectivity index (χ4v) is 2.02. The van der Waals surface area contributed by atoms with E-state index in [9.17, 15) is 14.7 Å². The summed E-state index contributed by atoms with van der Waals surface area (Å²) in [4.78, 5) is 28.4. The summed E-state index contributed by atoms with van der Waals surface area (Å²) in [6, 6.07) is 2.03. The van der Waals surface area contributed by atoms with Crippen LogP contribution in [0.2, 0.25) is 0 Å². The zero-order valence-corrected chi connectivity index (χ0v) is 12.0. The largest absolute Gasteiger partial charge is 0.479 e. The van der Waals surface area contributed by atoms with E-state index in [0.717, 1.165) is 4.47 Å². The molecule has 1 aromatic heterocycles. The molecule has 0 saturated carbocycles. The van der Waals surface area contributed by atoms with Crippen molar-refractivity contribution >= 4 is 27.8 Å². The van der Waals surface area contributed by atoms with Crippen molar-refractivity contribution in [3.05, 3.63) is 28.5 Å². The first-order valence-electron chi connectivity index (χ1n) is 5.47. The number of carboxylic acids is 1. The van der Waals surface area contributed by atoms with Crippen LogP contribution in [0.15, 0.2) is 22.8 Å². The molecule has 1 unspecified atom stereocenters. The molecular weight excluding hydrogens is 300 g/mol. The Labute approximate surface area is 114 Å². The Morgan fingerprint density at radius 1 is 1.39 bits per heavy atom. The minimum Gasteiger partial charge on any atom is -0.479 e. The molecule has 0 spiro atoms. The van der Waals surface area contributed by atoms with Crippen molar-refractivity contribution in [1.82, 2.24) is 9.88 Å². The van der Waals surface area contributed by atoms with Crippen LogP contribution in [0, 0.1) is 0 Å². The van der Waals surface area contributed by atoms with Gasteiger partial charge in [-0.3, -0.25) is 9.78 Å². The lowest BCUT2D eigenvalue weighted by Crippen LogP contribution is -2.42. The average Bonchev–Trinajstić information content (AvgIpc) is 2.25. The zero-order valence-electron chi connectivity index (χ0n) is 10.4. The van der Waals surface area contributed by atoms with Crippen molar-refractivity contribution in [1.29, 1.82) is 0 Å². The summed E-state index contributed by atoms with van der Waals surface area (Å²) in [5, 5.41) is 9.32. The minimum atomic E-state index is -1.09. The second-order valence-electron chi connectivity index (χ2n) is 4.16. The second-order valence-corrected chi connectivity index (χ2v) is 5.08. The van der Waals surface area contributed by atoms with E-state index < -0.39 is 12.0 Å². The first-order chi connectivity index (χ1) is 8.34. The van der Waals surface area contributed by atoms with Crippen molar-refractivity contribution < 1.29 is 14.7 Å². The Morgan fingerprint density at radius 2 is 2.00 bits per heavy atom. The van der Waals surface area contributed by atoms with Crippen molar-refractivity contribution in [2.75, 3.05) is 0 Å². The summed E-state index contributed by atoms with van der Waals surface area (Å²) >= 11 is 3.24. The molecule has 1 rings (SSSR count). The first kappa shape index (κ1) is 14.6. The predicted molar refractivity (Wildman–Crippen MR) is 70.0 cm³/mol. The number of amides is 1. The van der Waals surface area contributed by atoms with Gasteiger partial charge in [0, 0.05) is 23.6 Å². The van der Waals surface area contributed by atoms with E-state index in [1.165, 1.54) is 18.0 Å². The van der Waals surface area contributed by atoms with E-state index in [4.69, 9.17) is 0 Å². The third-order valence-corrected chi connectivity index (χ3v) is 2.93. The van der Waals surface area contributed by atoms with Gasteiger partial charge in [0.2, 0.25) is 5.91 Å². The molecule has 1 aromatic rings. The molecule has 98 valence electrons. The highest BCUT2D eigenvalue weighted by Gasteiger charge is 2.32. The smallest absolute Gasteiger partial charge is 0.332 e. The normalized spacial score (nSPS) is 12.3. The zero-order chi connectivity index (χ0) is 13.9. The fourth-order valence-electron chi connectivity index (χ4n) is 1.78. The predicted octanol–water partition coefficient (Wildman–Crippen LogP) is 2.23. The Kier molecular flexibility index (Phi) is 4.84. The molecule has 0 aliphatic heterocycles. The van der Waals surface area contributed by atoms with E-state index in [-0.39, 0.29) is 11.9 Å². The average molecular weight is 315 g/mol. The van der Waals surface area contributed by atoms with Crippen LogP contribution in [0.4, 0.5) is 0 Å². The molecule has 6 heteroatoms. The van der Waals surface area contributed by atoms with Crippen LogP contribution in [0.5, 0.6) is 0 Å². The highest BCUT2D eigenvalue weighted by molar-refractivity contribution is 9.10. The summed E-state index contributed by atoms with van der Waals surface area (Å²) in [5.74, 6) is -1.38. The van der Waals surface area contributed by atoms with Gasteiger partial charge in [0.05, 0.1) is 5.69 Å². The second kappa shape index (κ2) is 5.95. The number of carbonyl (C=O) groups is 2. The lowest BCUT2D eigenvalue weighted by atomic mass is 10.1. The molecule has 1 heterocycles. The van der Waals surface area contributed by atoms with Gasteiger partial charge in [-0.05, 0) is 41.9 Å². The molecular formula is C12H15BrN2O3. The van der Waals surface area contributed by atoms with Gasteiger partial charge in [0.25, 0.3) is 0 Å². The minimum absolute atomic E-state index is 0.214. The first-order valence-corrected chi connectivity index (χ1v) is 6.27. The number of carboxylic acid groups (broad SMARTS) is 1. The van der Waals surface area contributed by atoms with Crippen LogP contribution in [-0.4, -0.2) is 32.9 Å². The molecule has 5 nitrogen and oxygen atoms in total. The maximum atomic E-state index is 11.6. The number of halogens is 1.